The summed E-state index contributed by atoms with van der Waals surface area (Å²) in [7, 11) is 0. The Labute approximate surface area is 153 Å². The van der Waals surface area contributed by atoms with Crippen molar-refractivity contribution in [3.63, 3.8) is 0 Å². The normalized spacial score (nSPS) is 10.5. The number of nitrogens with zero attached hydrogens (tertiary/aromatic N) is 2. The highest BCUT2D eigenvalue weighted by Gasteiger charge is 2.04. The lowest BCUT2D eigenvalue weighted by Crippen LogP contribution is -2.08. The Hall–Kier alpha value is -2.59. The molecule has 0 atom stereocenters. The van der Waals surface area contributed by atoms with E-state index in [0.717, 1.165) is 29.5 Å². The van der Waals surface area contributed by atoms with Crippen molar-refractivity contribution in [3.8, 4) is 0 Å². The molecule has 0 amide bonds. The van der Waals surface area contributed by atoms with Crippen molar-refractivity contribution in [2.24, 2.45) is 0 Å². The zero-order valence-electron chi connectivity index (χ0n) is 14.4. The highest BCUT2D eigenvalue weighted by Crippen LogP contribution is 2.21. The van der Waals surface area contributed by atoms with Gasteiger partial charge in [0.2, 0.25) is 5.95 Å². The molecular formula is C20H21ClN4. The summed E-state index contributed by atoms with van der Waals surface area (Å²) >= 11 is 5.91. The third kappa shape index (κ3) is 4.70. The van der Waals surface area contributed by atoms with Crippen molar-refractivity contribution >= 4 is 29.1 Å². The fraction of sp³-hybridized carbons (Fsp3) is 0.200. The predicted octanol–water partition coefficient (Wildman–Crippen LogP) is 5.15. The van der Waals surface area contributed by atoms with Crippen molar-refractivity contribution in [3.05, 3.63) is 76.4 Å². The maximum atomic E-state index is 5.91. The second kappa shape index (κ2) is 7.99. The van der Waals surface area contributed by atoms with E-state index in [9.17, 15) is 0 Å². The van der Waals surface area contributed by atoms with Crippen LogP contribution >= 0.6 is 11.6 Å². The van der Waals surface area contributed by atoms with E-state index in [0.29, 0.717) is 5.95 Å². The lowest BCUT2D eigenvalue weighted by molar-refractivity contribution is 1.00. The van der Waals surface area contributed by atoms with E-state index >= 15 is 0 Å². The van der Waals surface area contributed by atoms with Gasteiger partial charge in [0.25, 0.3) is 0 Å². The van der Waals surface area contributed by atoms with Crippen LogP contribution in [0, 0.1) is 13.8 Å². The maximum Gasteiger partial charge on any atom is 0.229 e. The van der Waals surface area contributed by atoms with Crippen LogP contribution in [0.2, 0.25) is 5.02 Å². The predicted molar refractivity (Wildman–Crippen MR) is 105 cm³/mol. The fourth-order valence-electron chi connectivity index (χ4n) is 2.51. The third-order valence-corrected chi connectivity index (χ3v) is 4.39. The smallest absolute Gasteiger partial charge is 0.229 e. The first-order valence-corrected chi connectivity index (χ1v) is 8.64. The van der Waals surface area contributed by atoms with Gasteiger partial charge in [0, 0.05) is 23.5 Å². The van der Waals surface area contributed by atoms with E-state index in [1.54, 1.807) is 6.20 Å². The molecule has 0 saturated heterocycles. The van der Waals surface area contributed by atoms with Crippen molar-refractivity contribution in [1.29, 1.82) is 0 Å². The second-order valence-electron chi connectivity index (χ2n) is 5.94. The van der Waals surface area contributed by atoms with Crippen molar-refractivity contribution < 1.29 is 0 Å². The summed E-state index contributed by atoms with van der Waals surface area (Å²) in [5.41, 5.74) is 4.70. The molecule has 3 aromatic rings. The van der Waals surface area contributed by atoms with E-state index < -0.39 is 0 Å². The summed E-state index contributed by atoms with van der Waals surface area (Å²) in [6.45, 7) is 4.98. The van der Waals surface area contributed by atoms with Crippen LogP contribution in [0.25, 0.3) is 0 Å². The quantitative estimate of drug-likeness (QED) is 0.644. The molecule has 5 heteroatoms. The van der Waals surface area contributed by atoms with Gasteiger partial charge in [0.1, 0.15) is 5.82 Å². The zero-order chi connectivity index (χ0) is 17.6. The molecule has 4 nitrogen and oxygen atoms in total. The van der Waals surface area contributed by atoms with Gasteiger partial charge >= 0.3 is 0 Å². The van der Waals surface area contributed by atoms with Gasteiger partial charge in [-0.25, -0.2) is 4.98 Å². The fourth-order valence-corrected chi connectivity index (χ4v) is 2.64. The first-order chi connectivity index (χ1) is 12.1. The van der Waals surface area contributed by atoms with Gasteiger partial charge < -0.3 is 10.6 Å². The Morgan fingerprint density at radius 3 is 2.60 bits per heavy atom. The van der Waals surface area contributed by atoms with Gasteiger partial charge in [0.05, 0.1) is 0 Å². The van der Waals surface area contributed by atoms with Crippen molar-refractivity contribution in [2.45, 2.75) is 20.3 Å². The summed E-state index contributed by atoms with van der Waals surface area (Å²) in [5.74, 6) is 1.39. The summed E-state index contributed by atoms with van der Waals surface area (Å²) < 4.78 is 0. The molecule has 3 rings (SSSR count). The molecule has 25 heavy (non-hydrogen) atoms. The van der Waals surface area contributed by atoms with E-state index in [1.807, 2.05) is 42.5 Å². The lowest BCUT2D eigenvalue weighted by Gasteiger charge is -2.11. The Morgan fingerprint density at radius 1 is 1.00 bits per heavy atom. The standard InChI is InChI=1S/C20H21ClN4/c1-14-4-3-5-18(15(14)2)24-20-23-13-11-19(25-20)22-12-10-16-6-8-17(21)9-7-16/h3-9,11,13H,10,12H2,1-2H3,(H2,22,23,24,25). The molecule has 0 aliphatic carbocycles. The Morgan fingerprint density at radius 2 is 1.80 bits per heavy atom. The summed E-state index contributed by atoms with van der Waals surface area (Å²) in [4.78, 5) is 8.83. The molecule has 0 radical (unpaired) electrons. The van der Waals surface area contributed by atoms with Gasteiger partial charge in [0.15, 0.2) is 0 Å². The van der Waals surface area contributed by atoms with Crippen LogP contribution in [0.15, 0.2) is 54.7 Å². The van der Waals surface area contributed by atoms with Crippen LogP contribution in [0.4, 0.5) is 17.5 Å². The number of rotatable bonds is 6. The van der Waals surface area contributed by atoms with E-state index in [2.05, 4.69) is 40.5 Å². The minimum Gasteiger partial charge on any atom is -0.370 e. The van der Waals surface area contributed by atoms with Gasteiger partial charge in [-0.3, -0.25) is 0 Å². The lowest BCUT2D eigenvalue weighted by atomic mass is 10.1. The Bertz CT molecular complexity index is 847. The van der Waals surface area contributed by atoms with Gasteiger partial charge in [-0.2, -0.15) is 4.98 Å². The van der Waals surface area contributed by atoms with E-state index in [-0.39, 0.29) is 0 Å². The van der Waals surface area contributed by atoms with Gasteiger partial charge in [-0.1, -0.05) is 35.9 Å². The maximum absolute atomic E-state index is 5.91. The molecule has 0 fully saturated rings. The molecule has 2 aromatic carbocycles. The Kier molecular flexibility index (Phi) is 5.51. The highest BCUT2D eigenvalue weighted by atomic mass is 35.5. The molecule has 0 aliphatic rings. The van der Waals surface area contributed by atoms with Crippen LogP contribution in [0.1, 0.15) is 16.7 Å². The van der Waals surface area contributed by atoms with Crippen LogP contribution in [0.5, 0.6) is 0 Å². The monoisotopic (exact) mass is 352 g/mol. The van der Waals surface area contributed by atoms with Crippen LogP contribution < -0.4 is 10.6 Å². The third-order valence-electron chi connectivity index (χ3n) is 4.14. The number of nitrogens with one attached hydrogen (secondary N) is 2. The topological polar surface area (TPSA) is 49.8 Å². The van der Waals surface area contributed by atoms with E-state index in [4.69, 9.17) is 11.6 Å². The zero-order valence-corrected chi connectivity index (χ0v) is 15.1. The van der Waals surface area contributed by atoms with Crippen LogP contribution in [0.3, 0.4) is 0 Å². The number of anilines is 3. The summed E-state index contributed by atoms with van der Waals surface area (Å²) in [6.07, 6.45) is 2.66. The SMILES string of the molecule is Cc1cccc(Nc2nccc(NCCc3ccc(Cl)cc3)n2)c1C. The second-order valence-corrected chi connectivity index (χ2v) is 6.38. The largest absolute Gasteiger partial charge is 0.370 e. The average Bonchev–Trinajstić information content (AvgIpc) is 2.61. The number of aryl methyl sites for hydroxylation is 1. The molecule has 2 N–H and O–H groups in total. The molecule has 128 valence electrons. The molecule has 0 unspecified atom stereocenters. The highest BCUT2D eigenvalue weighted by molar-refractivity contribution is 6.30. The minimum absolute atomic E-state index is 0.588. The number of benzene rings is 2. The average molecular weight is 353 g/mol. The van der Waals surface area contributed by atoms with Crippen molar-refractivity contribution in [1.82, 2.24) is 9.97 Å². The van der Waals surface area contributed by atoms with E-state index in [1.165, 1.54) is 16.7 Å². The summed E-state index contributed by atoms with van der Waals surface area (Å²) in [6, 6.07) is 15.9. The van der Waals surface area contributed by atoms with Crippen molar-refractivity contribution in [2.75, 3.05) is 17.2 Å². The minimum atomic E-state index is 0.588. The van der Waals surface area contributed by atoms with Gasteiger partial charge in [-0.05, 0) is 61.2 Å². The molecule has 1 aromatic heterocycles. The number of hydrogen-bond acceptors (Lipinski definition) is 4. The first kappa shape index (κ1) is 17.2. The number of halogens is 1. The Balaban J connectivity index is 1.61. The molecule has 0 aliphatic heterocycles. The summed E-state index contributed by atoms with van der Waals surface area (Å²) in [5, 5.41) is 7.39. The first-order valence-electron chi connectivity index (χ1n) is 8.26. The molecule has 0 bridgehead atoms. The molecule has 0 saturated carbocycles. The van der Waals surface area contributed by atoms with Crippen LogP contribution in [-0.4, -0.2) is 16.5 Å². The number of hydrogen-bond donors (Lipinski definition) is 2. The molecular weight excluding hydrogens is 332 g/mol. The van der Waals surface area contributed by atoms with Gasteiger partial charge in [-0.15, -0.1) is 0 Å². The molecule has 0 spiro atoms. The number of aromatic nitrogens is 2. The van der Waals surface area contributed by atoms with Crippen LogP contribution in [-0.2, 0) is 6.42 Å². The molecule has 1 heterocycles.